The van der Waals surface area contributed by atoms with Gasteiger partial charge in [-0.2, -0.15) is 0 Å². The van der Waals surface area contributed by atoms with E-state index in [2.05, 4.69) is 14.5 Å². The Labute approximate surface area is 154 Å². The molecule has 6 heteroatoms. The molecular weight excluding hydrogens is 355 g/mol. The molecule has 3 heterocycles. The van der Waals surface area contributed by atoms with Crippen LogP contribution in [-0.4, -0.2) is 20.7 Å². The largest absolute Gasteiger partial charge is 0.346 e. The fraction of sp³-hybridized carbons (Fsp3) is 0.0526. The van der Waals surface area contributed by atoms with Crippen molar-refractivity contribution in [1.29, 1.82) is 5.41 Å². The van der Waals surface area contributed by atoms with Crippen molar-refractivity contribution in [1.82, 2.24) is 14.5 Å². The number of benzene rings is 1. The van der Waals surface area contributed by atoms with Crippen molar-refractivity contribution in [2.24, 2.45) is 7.05 Å². The number of hydrogen-bond acceptors (Lipinski definition) is 2. The summed E-state index contributed by atoms with van der Waals surface area (Å²) in [6, 6.07) is 11.4. The Bertz CT molecular complexity index is 1110. The Morgan fingerprint density at radius 3 is 2.72 bits per heavy atom. The molecule has 0 aliphatic heterocycles. The van der Waals surface area contributed by atoms with Crippen molar-refractivity contribution in [2.75, 3.05) is 0 Å². The number of pyridine rings is 1. The van der Waals surface area contributed by atoms with Crippen molar-refractivity contribution in [3.05, 3.63) is 64.4 Å². The Hall–Kier alpha value is -2.56. The normalized spacial score (nSPS) is 11.2. The summed E-state index contributed by atoms with van der Waals surface area (Å²) < 4.78 is 2.05. The molecule has 4 aromatic rings. The van der Waals surface area contributed by atoms with Gasteiger partial charge in [0, 0.05) is 58.4 Å². The smallest absolute Gasteiger partial charge is 0.137 e. The minimum Gasteiger partial charge on any atom is -0.346 e. The highest BCUT2D eigenvalue weighted by Crippen LogP contribution is 2.37. The van der Waals surface area contributed by atoms with Crippen molar-refractivity contribution in [3.63, 3.8) is 0 Å². The molecule has 0 atom stereocenters. The molecule has 0 aliphatic carbocycles. The van der Waals surface area contributed by atoms with E-state index in [1.807, 2.05) is 37.5 Å². The SMILES string of the molecule is Cn1c(-c2ccnc3[nH]ccc23)cc(C=N)c1-c1ccc(Cl)cc1Cl. The second-order valence-electron chi connectivity index (χ2n) is 5.76. The molecule has 0 saturated heterocycles. The Balaban J connectivity index is 2.00. The predicted molar refractivity (Wildman–Crippen MR) is 104 cm³/mol. The van der Waals surface area contributed by atoms with Crippen LogP contribution in [0.15, 0.2) is 48.8 Å². The molecule has 0 aliphatic rings. The van der Waals surface area contributed by atoms with Crippen molar-refractivity contribution in [2.45, 2.75) is 0 Å². The minimum absolute atomic E-state index is 0.560. The summed E-state index contributed by atoms with van der Waals surface area (Å²) in [5.74, 6) is 0. The molecule has 25 heavy (non-hydrogen) atoms. The third kappa shape index (κ3) is 2.54. The van der Waals surface area contributed by atoms with Gasteiger partial charge in [-0.25, -0.2) is 4.98 Å². The van der Waals surface area contributed by atoms with Gasteiger partial charge in [-0.05, 0) is 36.4 Å². The van der Waals surface area contributed by atoms with Crippen molar-refractivity contribution < 1.29 is 0 Å². The van der Waals surface area contributed by atoms with E-state index in [-0.39, 0.29) is 0 Å². The van der Waals surface area contributed by atoms with Gasteiger partial charge < -0.3 is 15.0 Å². The molecule has 0 saturated carbocycles. The van der Waals surface area contributed by atoms with Crippen LogP contribution in [0.4, 0.5) is 0 Å². The van der Waals surface area contributed by atoms with Crippen molar-refractivity contribution >= 4 is 40.4 Å². The van der Waals surface area contributed by atoms with E-state index in [0.717, 1.165) is 39.1 Å². The van der Waals surface area contributed by atoms with E-state index in [1.54, 1.807) is 18.3 Å². The lowest BCUT2D eigenvalue weighted by Crippen LogP contribution is -1.97. The van der Waals surface area contributed by atoms with Gasteiger partial charge in [0.1, 0.15) is 5.65 Å². The van der Waals surface area contributed by atoms with Crippen LogP contribution in [0, 0.1) is 5.41 Å². The molecule has 4 nitrogen and oxygen atoms in total. The second-order valence-corrected chi connectivity index (χ2v) is 6.60. The topological polar surface area (TPSA) is 57.5 Å². The fourth-order valence-electron chi connectivity index (χ4n) is 3.20. The average molecular weight is 369 g/mol. The molecule has 0 bridgehead atoms. The lowest BCUT2D eigenvalue weighted by molar-refractivity contribution is 0.946. The summed E-state index contributed by atoms with van der Waals surface area (Å²) >= 11 is 12.4. The second kappa shape index (κ2) is 6.06. The van der Waals surface area contributed by atoms with Gasteiger partial charge in [0.25, 0.3) is 0 Å². The van der Waals surface area contributed by atoms with Crippen LogP contribution in [0.5, 0.6) is 0 Å². The van der Waals surface area contributed by atoms with Crippen LogP contribution < -0.4 is 0 Å². The van der Waals surface area contributed by atoms with E-state index >= 15 is 0 Å². The summed E-state index contributed by atoms with van der Waals surface area (Å²) in [7, 11) is 1.97. The van der Waals surface area contributed by atoms with E-state index in [9.17, 15) is 0 Å². The lowest BCUT2D eigenvalue weighted by atomic mass is 10.1. The highest BCUT2D eigenvalue weighted by atomic mass is 35.5. The van der Waals surface area contributed by atoms with Crippen LogP contribution in [-0.2, 0) is 7.05 Å². The summed E-state index contributed by atoms with van der Waals surface area (Å²) in [6.07, 6.45) is 5.00. The first-order valence-electron chi connectivity index (χ1n) is 7.68. The van der Waals surface area contributed by atoms with E-state index in [4.69, 9.17) is 28.6 Å². The first kappa shape index (κ1) is 15.9. The van der Waals surface area contributed by atoms with Gasteiger partial charge in [-0.15, -0.1) is 0 Å². The molecule has 0 unspecified atom stereocenters. The third-order valence-electron chi connectivity index (χ3n) is 4.34. The van der Waals surface area contributed by atoms with Crippen LogP contribution in [0.3, 0.4) is 0 Å². The summed E-state index contributed by atoms with van der Waals surface area (Å²) in [4.78, 5) is 7.47. The van der Waals surface area contributed by atoms with Crippen LogP contribution in [0.1, 0.15) is 5.56 Å². The zero-order valence-electron chi connectivity index (χ0n) is 13.3. The summed E-state index contributed by atoms with van der Waals surface area (Å²) in [5, 5.41) is 10.0. The molecule has 4 rings (SSSR count). The molecule has 0 spiro atoms. The maximum atomic E-state index is 7.83. The van der Waals surface area contributed by atoms with Gasteiger partial charge >= 0.3 is 0 Å². The summed E-state index contributed by atoms with van der Waals surface area (Å²) in [6.45, 7) is 0. The number of nitrogens with one attached hydrogen (secondary N) is 2. The minimum atomic E-state index is 0.560. The molecule has 124 valence electrons. The highest BCUT2D eigenvalue weighted by Gasteiger charge is 2.18. The predicted octanol–water partition coefficient (Wildman–Crippen LogP) is 5.54. The maximum Gasteiger partial charge on any atom is 0.137 e. The van der Waals surface area contributed by atoms with Crippen LogP contribution in [0.25, 0.3) is 33.5 Å². The van der Waals surface area contributed by atoms with Gasteiger partial charge in [-0.3, -0.25) is 0 Å². The monoisotopic (exact) mass is 368 g/mol. The molecule has 2 N–H and O–H groups in total. The standard InChI is InChI=1S/C19H14Cl2N4/c1-25-17(13-4-6-23-19-14(13)5-7-24-19)8-11(10-22)18(25)15-3-2-12(20)9-16(15)21/h2-10,22H,1H3,(H,23,24). The number of halogens is 2. The van der Waals surface area contributed by atoms with Gasteiger partial charge in [0.15, 0.2) is 0 Å². The Kier molecular flexibility index (Phi) is 3.86. The number of aromatic amines is 1. The number of aromatic nitrogens is 3. The van der Waals surface area contributed by atoms with E-state index in [1.165, 1.54) is 6.21 Å². The lowest BCUT2D eigenvalue weighted by Gasteiger charge is -2.11. The van der Waals surface area contributed by atoms with Crippen LogP contribution in [0.2, 0.25) is 10.0 Å². The Morgan fingerprint density at radius 2 is 1.96 bits per heavy atom. The number of fused-ring (bicyclic) bond motifs is 1. The zero-order chi connectivity index (χ0) is 17.6. The number of rotatable bonds is 3. The molecule has 0 fully saturated rings. The Morgan fingerprint density at radius 1 is 1.12 bits per heavy atom. The summed E-state index contributed by atoms with van der Waals surface area (Å²) in [5.41, 5.74) is 5.40. The molecule has 1 aromatic carbocycles. The fourth-order valence-corrected chi connectivity index (χ4v) is 3.69. The van der Waals surface area contributed by atoms with E-state index < -0.39 is 0 Å². The van der Waals surface area contributed by atoms with Crippen molar-refractivity contribution in [3.8, 4) is 22.5 Å². The number of H-pyrrole nitrogens is 1. The number of nitrogens with zero attached hydrogens (tertiary/aromatic N) is 2. The third-order valence-corrected chi connectivity index (χ3v) is 4.89. The molecular formula is C19H14Cl2N4. The van der Waals surface area contributed by atoms with Gasteiger partial charge in [0.2, 0.25) is 0 Å². The molecule has 0 radical (unpaired) electrons. The first-order valence-corrected chi connectivity index (χ1v) is 8.44. The quantitative estimate of drug-likeness (QED) is 0.458. The van der Waals surface area contributed by atoms with Gasteiger partial charge in [-0.1, -0.05) is 23.2 Å². The van der Waals surface area contributed by atoms with E-state index in [0.29, 0.717) is 10.0 Å². The van der Waals surface area contributed by atoms with Gasteiger partial charge in [0.05, 0.1) is 10.7 Å². The average Bonchev–Trinajstić information content (AvgIpc) is 3.19. The molecule has 3 aromatic heterocycles. The maximum absolute atomic E-state index is 7.83. The zero-order valence-corrected chi connectivity index (χ0v) is 14.9. The number of hydrogen-bond donors (Lipinski definition) is 2. The first-order chi connectivity index (χ1) is 12.1. The van der Waals surface area contributed by atoms with Crippen LogP contribution >= 0.6 is 23.2 Å². The molecule has 0 amide bonds. The highest BCUT2D eigenvalue weighted by molar-refractivity contribution is 6.36.